The summed E-state index contributed by atoms with van der Waals surface area (Å²) >= 11 is 0. The highest BCUT2D eigenvalue weighted by Crippen LogP contribution is 2.26. The summed E-state index contributed by atoms with van der Waals surface area (Å²) in [6.45, 7) is 10.6. The number of carbonyl (C=O) groups is 4. The van der Waals surface area contributed by atoms with Gasteiger partial charge in [-0.25, -0.2) is 4.79 Å². The average molecular weight is 464 g/mol. The molecule has 9 nitrogen and oxygen atoms in total. The van der Waals surface area contributed by atoms with Gasteiger partial charge in [-0.3, -0.25) is 14.4 Å². The van der Waals surface area contributed by atoms with Gasteiger partial charge in [-0.15, -0.1) is 0 Å². The molecule has 1 atom stereocenters. The molecule has 0 bridgehead atoms. The number of unbranched alkanes of at least 4 members (excludes halogenated alkanes) is 1. The number of ether oxygens (including phenoxy) is 2. The molecule has 33 heavy (non-hydrogen) atoms. The second kappa shape index (κ2) is 12.8. The zero-order valence-electron chi connectivity index (χ0n) is 20.7. The number of esters is 1. The third-order valence-electron chi connectivity index (χ3n) is 4.77. The van der Waals surface area contributed by atoms with Crippen LogP contribution < -0.4 is 10.6 Å². The van der Waals surface area contributed by atoms with Crippen molar-refractivity contribution in [2.75, 3.05) is 26.7 Å². The van der Waals surface area contributed by atoms with Gasteiger partial charge in [0.25, 0.3) is 0 Å². The van der Waals surface area contributed by atoms with Gasteiger partial charge in [0, 0.05) is 6.54 Å². The Hall–Kier alpha value is -3.10. The number of aryl methyl sites for hydroxylation is 2. The van der Waals surface area contributed by atoms with Crippen molar-refractivity contribution in [2.24, 2.45) is 0 Å². The number of hydrogen-bond acceptors (Lipinski definition) is 6. The second-order valence-corrected chi connectivity index (χ2v) is 8.85. The molecule has 1 aromatic rings. The van der Waals surface area contributed by atoms with Crippen LogP contribution in [0, 0.1) is 13.8 Å². The lowest BCUT2D eigenvalue weighted by Crippen LogP contribution is -2.49. The fraction of sp³-hybridized carbons (Fsp3) is 0.583. The minimum Gasteiger partial charge on any atom is -0.468 e. The van der Waals surface area contributed by atoms with Gasteiger partial charge in [-0.2, -0.15) is 0 Å². The third kappa shape index (κ3) is 9.51. The summed E-state index contributed by atoms with van der Waals surface area (Å²) in [4.78, 5) is 51.5. The van der Waals surface area contributed by atoms with Crippen molar-refractivity contribution in [3.05, 3.63) is 34.9 Å². The molecular formula is C24H37N3O6. The van der Waals surface area contributed by atoms with Gasteiger partial charge in [-0.05, 0) is 52.2 Å². The van der Waals surface area contributed by atoms with Crippen molar-refractivity contribution >= 4 is 23.9 Å². The van der Waals surface area contributed by atoms with E-state index < -0.39 is 35.5 Å². The Morgan fingerprint density at radius 1 is 1.06 bits per heavy atom. The Morgan fingerprint density at radius 3 is 2.27 bits per heavy atom. The molecule has 0 aromatic heterocycles. The summed E-state index contributed by atoms with van der Waals surface area (Å²) in [6, 6.07) is 4.62. The van der Waals surface area contributed by atoms with E-state index in [1.54, 1.807) is 26.8 Å². The molecule has 0 aliphatic carbocycles. The number of nitrogens with zero attached hydrogens (tertiary/aromatic N) is 1. The van der Waals surface area contributed by atoms with E-state index in [0.29, 0.717) is 18.5 Å². The summed E-state index contributed by atoms with van der Waals surface area (Å²) in [7, 11) is 1.23. The summed E-state index contributed by atoms with van der Waals surface area (Å²) in [6.07, 6.45) is 0.737. The molecule has 1 unspecified atom stereocenters. The van der Waals surface area contributed by atoms with Crippen LogP contribution in [0.25, 0.3) is 0 Å². The van der Waals surface area contributed by atoms with Gasteiger partial charge in [0.05, 0.1) is 7.11 Å². The molecule has 3 amide bonds. The maximum Gasteiger partial charge on any atom is 0.408 e. The summed E-state index contributed by atoms with van der Waals surface area (Å²) in [5.74, 6) is -1.54. The minimum atomic E-state index is -0.977. The van der Waals surface area contributed by atoms with E-state index in [1.807, 2.05) is 32.9 Å². The maximum absolute atomic E-state index is 13.2. The highest BCUT2D eigenvalue weighted by atomic mass is 16.6. The predicted octanol–water partition coefficient (Wildman–Crippen LogP) is 2.79. The Kier molecular flexibility index (Phi) is 10.8. The quantitative estimate of drug-likeness (QED) is 0.516. The fourth-order valence-corrected chi connectivity index (χ4v) is 3.20. The molecule has 0 radical (unpaired) electrons. The molecule has 1 rings (SSSR count). The van der Waals surface area contributed by atoms with Gasteiger partial charge >= 0.3 is 12.1 Å². The monoisotopic (exact) mass is 463 g/mol. The molecule has 0 aliphatic heterocycles. The Balaban J connectivity index is 3.24. The van der Waals surface area contributed by atoms with E-state index in [9.17, 15) is 19.2 Å². The van der Waals surface area contributed by atoms with Crippen LogP contribution >= 0.6 is 0 Å². The molecule has 0 spiro atoms. The lowest BCUT2D eigenvalue weighted by molar-refractivity contribution is -0.143. The maximum atomic E-state index is 13.2. The molecule has 0 fully saturated rings. The van der Waals surface area contributed by atoms with E-state index >= 15 is 0 Å². The van der Waals surface area contributed by atoms with Crippen LogP contribution in [0.5, 0.6) is 0 Å². The summed E-state index contributed by atoms with van der Waals surface area (Å²) in [5, 5.41) is 5.03. The molecule has 9 heteroatoms. The van der Waals surface area contributed by atoms with E-state index in [-0.39, 0.29) is 13.1 Å². The van der Waals surface area contributed by atoms with Crippen LogP contribution in [-0.2, 0) is 23.9 Å². The van der Waals surface area contributed by atoms with E-state index in [0.717, 1.165) is 17.5 Å². The first kappa shape index (κ1) is 27.9. The topological polar surface area (TPSA) is 114 Å². The zero-order valence-corrected chi connectivity index (χ0v) is 20.7. The molecular weight excluding hydrogens is 426 g/mol. The molecule has 0 heterocycles. The van der Waals surface area contributed by atoms with Crippen molar-refractivity contribution in [3.8, 4) is 0 Å². The lowest BCUT2D eigenvalue weighted by atomic mass is 9.96. The van der Waals surface area contributed by atoms with E-state index in [1.165, 1.54) is 12.0 Å². The van der Waals surface area contributed by atoms with Crippen molar-refractivity contribution in [1.29, 1.82) is 0 Å². The SMILES string of the molecule is CCCCN(C(=O)CNC(=O)OC(C)(C)C)C(C(=O)NCC(=O)OC)c1ccc(C)cc1C. The van der Waals surface area contributed by atoms with Crippen LogP contribution in [0.4, 0.5) is 4.79 Å². The van der Waals surface area contributed by atoms with Gasteiger partial charge in [-0.1, -0.05) is 37.1 Å². The number of hydrogen-bond donors (Lipinski definition) is 2. The van der Waals surface area contributed by atoms with Crippen LogP contribution in [0.15, 0.2) is 18.2 Å². The summed E-state index contributed by atoms with van der Waals surface area (Å²) in [5.41, 5.74) is 1.79. The molecule has 184 valence electrons. The number of methoxy groups -OCH3 is 1. The zero-order chi connectivity index (χ0) is 25.2. The third-order valence-corrected chi connectivity index (χ3v) is 4.77. The first-order valence-electron chi connectivity index (χ1n) is 11.1. The normalized spacial score (nSPS) is 11.8. The van der Waals surface area contributed by atoms with Gasteiger partial charge in [0.1, 0.15) is 24.7 Å². The fourth-order valence-electron chi connectivity index (χ4n) is 3.20. The van der Waals surface area contributed by atoms with Crippen molar-refractivity contribution in [2.45, 2.75) is 66.0 Å². The predicted molar refractivity (Wildman–Crippen MR) is 125 cm³/mol. The Morgan fingerprint density at radius 2 is 1.73 bits per heavy atom. The first-order chi connectivity index (χ1) is 15.4. The number of benzene rings is 1. The molecule has 1 aromatic carbocycles. The van der Waals surface area contributed by atoms with Crippen LogP contribution in [0.1, 0.15) is 63.3 Å². The Bertz CT molecular complexity index is 847. The molecule has 0 saturated heterocycles. The van der Waals surface area contributed by atoms with Crippen molar-refractivity contribution in [3.63, 3.8) is 0 Å². The number of rotatable bonds is 10. The van der Waals surface area contributed by atoms with Crippen molar-refractivity contribution < 1.29 is 28.7 Å². The van der Waals surface area contributed by atoms with Gasteiger partial charge in [0.2, 0.25) is 11.8 Å². The number of alkyl carbamates (subject to hydrolysis) is 1. The highest BCUT2D eigenvalue weighted by molar-refractivity contribution is 5.92. The van der Waals surface area contributed by atoms with E-state index in [4.69, 9.17) is 4.74 Å². The lowest BCUT2D eigenvalue weighted by Gasteiger charge is -2.32. The second-order valence-electron chi connectivity index (χ2n) is 8.85. The van der Waals surface area contributed by atoms with Crippen LogP contribution in [-0.4, -0.2) is 61.1 Å². The molecule has 2 N–H and O–H groups in total. The average Bonchev–Trinajstić information content (AvgIpc) is 2.72. The van der Waals surface area contributed by atoms with Gasteiger partial charge < -0.3 is 25.0 Å². The van der Waals surface area contributed by atoms with Crippen LogP contribution in [0.2, 0.25) is 0 Å². The number of amides is 3. The number of nitrogens with one attached hydrogen (secondary N) is 2. The van der Waals surface area contributed by atoms with E-state index in [2.05, 4.69) is 15.4 Å². The van der Waals surface area contributed by atoms with Crippen molar-refractivity contribution in [1.82, 2.24) is 15.5 Å². The smallest absolute Gasteiger partial charge is 0.408 e. The summed E-state index contributed by atoms with van der Waals surface area (Å²) < 4.78 is 9.81. The first-order valence-corrected chi connectivity index (χ1v) is 11.1. The largest absolute Gasteiger partial charge is 0.468 e. The minimum absolute atomic E-state index is 0.301. The van der Waals surface area contributed by atoms with Crippen LogP contribution in [0.3, 0.4) is 0 Å². The molecule has 0 aliphatic rings. The standard InChI is InChI=1S/C24H37N3O6/c1-8-9-12-27(19(28)14-26-23(31)33-24(4,5)6)21(22(30)25-15-20(29)32-7)18-11-10-16(2)13-17(18)3/h10-11,13,21H,8-9,12,14-15H2,1-7H3,(H,25,30)(H,26,31). The molecule has 0 saturated carbocycles. The highest BCUT2D eigenvalue weighted by Gasteiger charge is 2.32. The van der Waals surface area contributed by atoms with Gasteiger partial charge in [0.15, 0.2) is 0 Å². The number of carbonyl (C=O) groups excluding carboxylic acids is 4. The Labute approximate surface area is 196 Å².